The van der Waals surface area contributed by atoms with Crippen LogP contribution in [0.25, 0.3) is 0 Å². The van der Waals surface area contributed by atoms with Crippen molar-refractivity contribution in [1.82, 2.24) is 9.80 Å². The number of hydrogen-bond acceptors (Lipinski definition) is 4. The van der Waals surface area contributed by atoms with Crippen LogP contribution in [0.5, 0.6) is 0 Å². The predicted octanol–water partition coefficient (Wildman–Crippen LogP) is 1.73. The lowest BCUT2D eigenvalue weighted by Crippen LogP contribution is -2.52. The number of carbonyl (C=O) groups excluding carboxylic acids is 3. The fourth-order valence-electron chi connectivity index (χ4n) is 3.75. The van der Waals surface area contributed by atoms with Gasteiger partial charge in [0.25, 0.3) is 0 Å². The van der Waals surface area contributed by atoms with Crippen LogP contribution < -0.4 is 5.32 Å². The molecule has 0 bridgehead atoms. The molecule has 0 aliphatic carbocycles. The third kappa shape index (κ3) is 3.25. The minimum absolute atomic E-state index is 0.0754. The molecule has 1 aromatic rings. The van der Waals surface area contributed by atoms with Crippen molar-refractivity contribution in [1.29, 1.82) is 0 Å². The van der Waals surface area contributed by atoms with Crippen LogP contribution in [0.1, 0.15) is 18.4 Å². The Hall–Kier alpha value is -2.02. The summed E-state index contributed by atoms with van der Waals surface area (Å²) >= 11 is 1.60. The van der Waals surface area contributed by atoms with E-state index in [0.29, 0.717) is 18.8 Å². The molecule has 2 heterocycles. The van der Waals surface area contributed by atoms with Crippen molar-refractivity contribution in [3.05, 3.63) is 23.8 Å². The van der Waals surface area contributed by atoms with Crippen LogP contribution in [0.4, 0.5) is 5.69 Å². The first-order valence-electron chi connectivity index (χ1n) is 8.44. The molecule has 0 unspecified atom stereocenters. The van der Waals surface area contributed by atoms with E-state index in [-0.39, 0.29) is 17.9 Å². The number of hydrogen-bond donors (Lipinski definition) is 1. The van der Waals surface area contributed by atoms with Gasteiger partial charge in [0.15, 0.2) is 0 Å². The molecule has 1 N–H and O–H groups in total. The SMILES string of the molecule is CSc1cccc(NC(=O)C(=O)N2CCC[C@H]3C(=O)N(C)C[C@H]32)c1C. The highest BCUT2D eigenvalue weighted by Gasteiger charge is 2.46. The number of nitrogens with zero attached hydrogens (tertiary/aromatic N) is 2. The van der Waals surface area contributed by atoms with Gasteiger partial charge in [-0.25, -0.2) is 0 Å². The van der Waals surface area contributed by atoms with Crippen molar-refractivity contribution in [2.24, 2.45) is 5.92 Å². The van der Waals surface area contributed by atoms with E-state index in [2.05, 4.69) is 5.32 Å². The smallest absolute Gasteiger partial charge is 0.313 e. The fourth-order valence-corrected chi connectivity index (χ4v) is 4.38. The molecule has 3 rings (SSSR count). The van der Waals surface area contributed by atoms with Crippen molar-refractivity contribution in [3.63, 3.8) is 0 Å². The molecule has 0 spiro atoms. The standard InChI is InChI=1S/C18H23N3O3S/c1-11-13(7-4-8-15(11)25-3)19-16(22)18(24)21-9-5-6-12-14(21)10-20(2)17(12)23/h4,7-8,12,14H,5-6,9-10H2,1-3H3,(H,19,22)/t12-,14-/m1/s1. The summed E-state index contributed by atoms with van der Waals surface area (Å²) in [6, 6.07) is 5.45. The highest BCUT2D eigenvalue weighted by molar-refractivity contribution is 7.98. The van der Waals surface area contributed by atoms with Crippen molar-refractivity contribution in [3.8, 4) is 0 Å². The Morgan fingerprint density at radius 2 is 2.08 bits per heavy atom. The summed E-state index contributed by atoms with van der Waals surface area (Å²) in [7, 11) is 1.75. The highest BCUT2D eigenvalue weighted by Crippen LogP contribution is 2.31. The molecule has 2 atom stereocenters. The average molecular weight is 361 g/mol. The quantitative estimate of drug-likeness (QED) is 0.643. The first-order chi connectivity index (χ1) is 11.9. The van der Waals surface area contributed by atoms with Gasteiger partial charge < -0.3 is 15.1 Å². The normalized spacial score (nSPS) is 22.8. The number of likely N-dealkylation sites (N-methyl/N-ethyl adjacent to an activating group) is 1. The molecule has 2 saturated heterocycles. The van der Waals surface area contributed by atoms with Gasteiger partial charge >= 0.3 is 11.8 Å². The number of piperidine rings is 1. The van der Waals surface area contributed by atoms with Crippen LogP contribution in [0.3, 0.4) is 0 Å². The Morgan fingerprint density at radius 1 is 1.32 bits per heavy atom. The second-order valence-electron chi connectivity index (χ2n) is 6.62. The fraction of sp³-hybridized carbons (Fsp3) is 0.500. The highest BCUT2D eigenvalue weighted by atomic mass is 32.2. The predicted molar refractivity (Wildman–Crippen MR) is 97.5 cm³/mol. The van der Waals surface area contributed by atoms with E-state index in [9.17, 15) is 14.4 Å². The summed E-state index contributed by atoms with van der Waals surface area (Å²) in [6.45, 7) is 2.95. The van der Waals surface area contributed by atoms with Crippen LogP contribution in [-0.4, -0.2) is 60.0 Å². The monoisotopic (exact) mass is 361 g/mol. The van der Waals surface area contributed by atoms with Gasteiger partial charge in [0, 0.05) is 30.7 Å². The largest absolute Gasteiger partial charge is 0.343 e. The van der Waals surface area contributed by atoms with Crippen LogP contribution in [0, 0.1) is 12.8 Å². The molecule has 7 heteroatoms. The first-order valence-corrected chi connectivity index (χ1v) is 9.67. The lowest BCUT2D eigenvalue weighted by molar-refractivity contribution is -0.146. The van der Waals surface area contributed by atoms with Crippen LogP contribution in [0.15, 0.2) is 23.1 Å². The van der Waals surface area contributed by atoms with E-state index in [1.165, 1.54) is 0 Å². The molecule has 1 aromatic carbocycles. The third-order valence-electron chi connectivity index (χ3n) is 5.14. The Bertz CT molecular complexity index is 722. The van der Waals surface area contributed by atoms with E-state index in [4.69, 9.17) is 0 Å². The number of anilines is 1. The van der Waals surface area contributed by atoms with Gasteiger partial charge in [0.2, 0.25) is 5.91 Å². The topological polar surface area (TPSA) is 69.7 Å². The summed E-state index contributed by atoms with van der Waals surface area (Å²) < 4.78 is 0. The average Bonchev–Trinajstić information content (AvgIpc) is 2.90. The molecular formula is C18H23N3O3S. The van der Waals surface area contributed by atoms with Gasteiger partial charge in [-0.05, 0) is 43.7 Å². The molecule has 0 saturated carbocycles. The lowest BCUT2D eigenvalue weighted by atomic mass is 9.91. The zero-order chi connectivity index (χ0) is 18.1. The van der Waals surface area contributed by atoms with E-state index < -0.39 is 11.8 Å². The maximum Gasteiger partial charge on any atom is 0.313 e. The minimum Gasteiger partial charge on any atom is -0.343 e. The van der Waals surface area contributed by atoms with Gasteiger partial charge in [0.05, 0.1) is 12.0 Å². The number of rotatable bonds is 2. The summed E-state index contributed by atoms with van der Waals surface area (Å²) in [6.07, 6.45) is 3.51. The van der Waals surface area contributed by atoms with Crippen molar-refractivity contribution >= 4 is 35.2 Å². The molecule has 2 aliphatic rings. The summed E-state index contributed by atoms with van der Waals surface area (Å²) in [5.74, 6) is -1.28. The molecular weight excluding hydrogens is 338 g/mol. The zero-order valence-electron chi connectivity index (χ0n) is 14.7. The van der Waals surface area contributed by atoms with Gasteiger partial charge in [-0.15, -0.1) is 11.8 Å². The number of amides is 3. The number of benzene rings is 1. The maximum absolute atomic E-state index is 12.7. The van der Waals surface area contributed by atoms with Crippen LogP contribution in [0.2, 0.25) is 0 Å². The van der Waals surface area contributed by atoms with Gasteiger partial charge in [-0.1, -0.05) is 6.07 Å². The Morgan fingerprint density at radius 3 is 2.80 bits per heavy atom. The minimum atomic E-state index is -0.635. The van der Waals surface area contributed by atoms with Gasteiger partial charge in [-0.3, -0.25) is 14.4 Å². The third-order valence-corrected chi connectivity index (χ3v) is 6.02. The molecule has 134 valence electrons. The first kappa shape index (κ1) is 17.8. The lowest BCUT2D eigenvalue weighted by Gasteiger charge is -2.35. The van der Waals surface area contributed by atoms with E-state index in [1.807, 2.05) is 25.3 Å². The second-order valence-corrected chi connectivity index (χ2v) is 7.47. The van der Waals surface area contributed by atoms with Crippen molar-refractivity contribution in [2.45, 2.75) is 30.7 Å². The van der Waals surface area contributed by atoms with Crippen LogP contribution in [-0.2, 0) is 14.4 Å². The van der Waals surface area contributed by atoms with Crippen molar-refractivity contribution in [2.75, 3.05) is 31.7 Å². The summed E-state index contributed by atoms with van der Waals surface area (Å²) in [4.78, 5) is 41.7. The zero-order valence-corrected chi connectivity index (χ0v) is 15.6. The van der Waals surface area contributed by atoms with E-state index in [0.717, 1.165) is 23.3 Å². The number of nitrogens with one attached hydrogen (secondary N) is 1. The molecule has 3 amide bonds. The molecule has 0 radical (unpaired) electrons. The van der Waals surface area contributed by atoms with Gasteiger partial charge in [0.1, 0.15) is 0 Å². The molecule has 6 nitrogen and oxygen atoms in total. The Kier molecular flexibility index (Phi) is 5.03. The number of likely N-dealkylation sites (tertiary alicyclic amines) is 2. The molecule has 2 aliphatic heterocycles. The maximum atomic E-state index is 12.7. The van der Waals surface area contributed by atoms with Crippen molar-refractivity contribution < 1.29 is 14.4 Å². The Labute approximate surface area is 151 Å². The van der Waals surface area contributed by atoms with Gasteiger partial charge in [-0.2, -0.15) is 0 Å². The summed E-state index contributed by atoms with van der Waals surface area (Å²) in [5, 5.41) is 2.74. The second kappa shape index (κ2) is 7.07. The number of thioether (sulfide) groups is 1. The van der Waals surface area contributed by atoms with Crippen LogP contribution >= 0.6 is 11.8 Å². The van der Waals surface area contributed by atoms with E-state index >= 15 is 0 Å². The number of fused-ring (bicyclic) bond motifs is 1. The number of carbonyl (C=O) groups is 3. The molecule has 25 heavy (non-hydrogen) atoms. The molecule has 2 fully saturated rings. The van der Waals surface area contributed by atoms with E-state index in [1.54, 1.807) is 34.7 Å². The Balaban J connectivity index is 1.75. The molecule has 0 aromatic heterocycles. The summed E-state index contributed by atoms with van der Waals surface area (Å²) in [5.41, 5.74) is 1.60.